The number of carbonyl (C=O) groups is 2. The molecule has 5 nitrogen and oxygen atoms in total. The van der Waals surface area contributed by atoms with E-state index in [9.17, 15) is 9.59 Å². The normalized spacial score (nSPS) is 10.1. The van der Waals surface area contributed by atoms with Crippen molar-refractivity contribution >= 4 is 39.1 Å². The Morgan fingerprint density at radius 2 is 2.06 bits per heavy atom. The van der Waals surface area contributed by atoms with E-state index in [2.05, 4.69) is 15.9 Å². The maximum Gasteiger partial charge on any atom is 0.265 e. The van der Waals surface area contributed by atoms with Gasteiger partial charge in [0.05, 0.1) is 15.8 Å². The fourth-order valence-electron chi connectivity index (χ4n) is 1.09. The van der Waals surface area contributed by atoms with Gasteiger partial charge in [-0.25, -0.2) is 5.06 Å². The Hall–Kier alpha value is -0.920. The van der Waals surface area contributed by atoms with Crippen LogP contribution in [0.3, 0.4) is 0 Å². The number of carbonyl (C=O) groups excluding carboxylic acids is 2. The first-order chi connectivity index (χ1) is 7.95. The Labute approximate surface area is 112 Å². The lowest BCUT2D eigenvalue weighted by atomic mass is 10.4. The molecule has 0 aliphatic rings. The molecule has 0 aliphatic carbocycles. The van der Waals surface area contributed by atoms with Crippen LogP contribution in [0.4, 0.5) is 0 Å². The molecule has 1 aromatic rings. The van der Waals surface area contributed by atoms with E-state index >= 15 is 0 Å². The van der Waals surface area contributed by atoms with E-state index in [-0.39, 0.29) is 18.4 Å². The number of hydroxylamine groups is 2. The second-order valence-electron chi connectivity index (χ2n) is 3.34. The van der Waals surface area contributed by atoms with Crippen LogP contribution in [0.5, 0.6) is 0 Å². The molecule has 1 aromatic heterocycles. The largest absolute Gasteiger partial charge is 0.332 e. The Bertz CT molecular complexity index is 421. The summed E-state index contributed by atoms with van der Waals surface area (Å²) < 4.78 is 0.884. The van der Waals surface area contributed by atoms with E-state index in [1.807, 2.05) is 0 Å². The second kappa shape index (κ2) is 6.13. The molecule has 0 bridgehead atoms. The van der Waals surface area contributed by atoms with Crippen molar-refractivity contribution in [2.75, 3.05) is 27.7 Å². The van der Waals surface area contributed by atoms with Crippen LogP contribution in [0.1, 0.15) is 9.67 Å². The van der Waals surface area contributed by atoms with E-state index < -0.39 is 0 Å². The molecule has 0 spiro atoms. The number of halogens is 1. The summed E-state index contributed by atoms with van der Waals surface area (Å²) in [6, 6.07) is 3.52. The summed E-state index contributed by atoms with van der Waals surface area (Å²) in [5, 5.41) is 1.09. The third-order valence-corrected chi connectivity index (χ3v) is 3.74. The maximum atomic E-state index is 11.9. The van der Waals surface area contributed by atoms with Gasteiger partial charge in [-0.3, -0.25) is 14.4 Å². The number of thiophene rings is 1. The summed E-state index contributed by atoms with van der Waals surface area (Å²) >= 11 is 4.62. The van der Waals surface area contributed by atoms with Gasteiger partial charge in [-0.05, 0) is 28.1 Å². The van der Waals surface area contributed by atoms with E-state index in [4.69, 9.17) is 4.84 Å². The third kappa shape index (κ3) is 3.79. The monoisotopic (exact) mass is 320 g/mol. The predicted octanol–water partition coefficient (Wildman–Crippen LogP) is 1.60. The summed E-state index contributed by atoms with van der Waals surface area (Å²) in [5.74, 6) is -0.461. The van der Waals surface area contributed by atoms with Crippen LogP contribution in [0.25, 0.3) is 0 Å². The molecule has 1 heterocycles. The molecule has 1 rings (SSSR count). The van der Waals surface area contributed by atoms with E-state index in [1.54, 1.807) is 19.2 Å². The van der Waals surface area contributed by atoms with Crippen LogP contribution < -0.4 is 0 Å². The predicted molar refractivity (Wildman–Crippen MR) is 68.8 cm³/mol. The highest BCUT2D eigenvalue weighted by Crippen LogP contribution is 2.22. The van der Waals surface area contributed by atoms with Crippen LogP contribution >= 0.6 is 27.3 Å². The number of rotatable bonds is 4. The molecule has 0 unspecified atom stereocenters. The van der Waals surface area contributed by atoms with Crippen LogP contribution in [0.15, 0.2) is 15.9 Å². The zero-order valence-electron chi connectivity index (χ0n) is 9.77. The molecule has 0 aromatic carbocycles. The lowest BCUT2D eigenvalue weighted by molar-refractivity contribution is -0.168. The average molecular weight is 321 g/mol. The summed E-state index contributed by atoms with van der Waals surface area (Å²) in [6.45, 7) is -0.0152. The molecule has 0 atom stereocenters. The quantitative estimate of drug-likeness (QED) is 0.792. The lowest BCUT2D eigenvalue weighted by Crippen LogP contribution is -2.38. The zero-order valence-corrected chi connectivity index (χ0v) is 12.2. The number of likely N-dealkylation sites (N-methyl/N-ethyl adjacent to an activating group) is 2. The summed E-state index contributed by atoms with van der Waals surface area (Å²) in [4.78, 5) is 30.1. The summed E-state index contributed by atoms with van der Waals surface area (Å²) in [7, 11) is 4.48. The third-order valence-electron chi connectivity index (χ3n) is 2.13. The van der Waals surface area contributed by atoms with E-state index in [0.29, 0.717) is 4.88 Å². The first kappa shape index (κ1) is 14.1. The van der Waals surface area contributed by atoms with Gasteiger partial charge in [0.1, 0.15) is 6.54 Å². The van der Waals surface area contributed by atoms with Gasteiger partial charge in [0.2, 0.25) is 0 Å². The first-order valence-corrected chi connectivity index (χ1v) is 6.38. The molecule has 0 radical (unpaired) electrons. The minimum atomic E-state index is -0.279. The van der Waals surface area contributed by atoms with E-state index in [0.717, 1.165) is 8.85 Å². The van der Waals surface area contributed by atoms with Crippen LogP contribution in [0, 0.1) is 0 Å². The molecular formula is C10H13BrN2O3S. The van der Waals surface area contributed by atoms with Crippen molar-refractivity contribution in [1.29, 1.82) is 0 Å². The van der Waals surface area contributed by atoms with Crippen molar-refractivity contribution in [2.45, 2.75) is 0 Å². The average Bonchev–Trinajstić information content (AvgIpc) is 2.73. The van der Waals surface area contributed by atoms with Crippen molar-refractivity contribution in [1.82, 2.24) is 9.96 Å². The van der Waals surface area contributed by atoms with Crippen molar-refractivity contribution in [3.63, 3.8) is 0 Å². The number of hydrogen-bond acceptors (Lipinski definition) is 4. The highest BCUT2D eigenvalue weighted by atomic mass is 79.9. The highest BCUT2D eigenvalue weighted by molar-refractivity contribution is 9.11. The highest BCUT2D eigenvalue weighted by Gasteiger charge is 2.18. The van der Waals surface area contributed by atoms with Crippen LogP contribution in [0.2, 0.25) is 0 Å². The molecule has 0 saturated carbocycles. The standard InChI is InChI=1S/C10H13BrN2O3S/c1-12(6-9(14)13(2)16-3)10(15)7-4-5-8(11)17-7/h4-5H,6H2,1-3H3. The molecule has 94 valence electrons. The smallest absolute Gasteiger partial charge is 0.265 e. The first-order valence-electron chi connectivity index (χ1n) is 4.77. The fraction of sp³-hybridized carbons (Fsp3) is 0.400. The van der Waals surface area contributed by atoms with Gasteiger partial charge in [-0.1, -0.05) is 0 Å². The number of amides is 2. The van der Waals surface area contributed by atoms with Crippen molar-refractivity contribution < 1.29 is 14.4 Å². The maximum absolute atomic E-state index is 11.9. The Morgan fingerprint density at radius 1 is 1.41 bits per heavy atom. The Balaban J connectivity index is 2.62. The minimum Gasteiger partial charge on any atom is -0.332 e. The van der Waals surface area contributed by atoms with E-state index in [1.165, 1.54) is 30.4 Å². The number of nitrogens with zero attached hydrogens (tertiary/aromatic N) is 2. The molecule has 7 heteroatoms. The molecule has 17 heavy (non-hydrogen) atoms. The van der Waals surface area contributed by atoms with Crippen molar-refractivity contribution in [3.05, 3.63) is 20.8 Å². The SMILES string of the molecule is CON(C)C(=O)CN(C)C(=O)c1ccc(Br)s1. The van der Waals surface area contributed by atoms with Gasteiger partial charge in [-0.2, -0.15) is 0 Å². The van der Waals surface area contributed by atoms with Gasteiger partial charge in [0.15, 0.2) is 0 Å². The number of hydrogen-bond donors (Lipinski definition) is 0. The summed E-state index contributed by atoms with van der Waals surface area (Å²) in [6.07, 6.45) is 0. The Morgan fingerprint density at radius 3 is 2.53 bits per heavy atom. The zero-order chi connectivity index (χ0) is 13.0. The molecule has 0 aliphatic heterocycles. The van der Waals surface area contributed by atoms with Gasteiger partial charge in [-0.15, -0.1) is 11.3 Å². The van der Waals surface area contributed by atoms with Crippen molar-refractivity contribution in [3.8, 4) is 0 Å². The Kier molecular flexibility index (Phi) is 5.10. The lowest BCUT2D eigenvalue weighted by Gasteiger charge is -2.19. The van der Waals surface area contributed by atoms with Gasteiger partial charge in [0, 0.05) is 14.1 Å². The van der Waals surface area contributed by atoms with Gasteiger partial charge >= 0.3 is 0 Å². The molecule has 0 fully saturated rings. The minimum absolute atomic E-state index is 0.0152. The van der Waals surface area contributed by atoms with Gasteiger partial charge in [0.25, 0.3) is 11.8 Å². The fourth-order valence-corrected chi connectivity index (χ4v) is 2.47. The second-order valence-corrected chi connectivity index (χ2v) is 5.80. The summed E-state index contributed by atoms with van der Waals surface area (Å²) in [5.41, 5.74) is 0. The van der Waals surface area contributed by atoms with Crippen LogP contribution in [-0.2, 0) is 9.63 Å². The van der Waals surface area contributed by atoms with Crippen molar-refractivity contribution in [2.24, 2.45) is 0 Å². The molecule has 0 N–H and O–H groups in total. The molecule has 0 saturated heterocycles. The molecule has 2 amide bonds. The van der Waals surface area contributed by atoms with Crippen LogP contribution in [-0.4, -0.2) is 49.5 Å². The van der Waals surface area contributed by atoms with Gasteiger partial charge < -0.3 is 4.90 Å². The topological polar surface area (TPSA) is 49.9 Å². The molecular weight excluding hydrogens is 308 g/mol.